The Morgan fingerprint density at radius 3 is 2.90 bits per heavy atom. The fraction of sp³-hybridized carbons (Fsp3) is 0.333. The van der Waals surface area contributed by atoms with Crippen LogP contribution >= 0.6 is 0 Å². The third kappa shape index (κ3) is 3.44. The SMILES string of the molecule is CCCc1cc(C(=O)N(C)Cc2cccc(F)c2)n[nH]1. The van der Waals surface area contributed by atoms with Crippen molar-refractivity contribution in [1.82, 2.24) is 15.1 Å². The van der Waals surface area contributed by atoms with Gasteiger partial charge in [-0.25, -0.2) is 4.39 Å². The number of rotatable bonds is 5. The monoisotopic (exact) mass is 275 g/mol. The molecule has 106 valence electrons. The maximum absolute atomic E-state index is 13.1. The zero-order valence-electron chi connectivity index (χ0n) is 11.7. The van der Waals surface area contributed by atoms with E-state index < -0.39 is 0 Å². The van der Waals surface area contributed by atoms with Crippen LogP contribution in [0.5, 0.6) is 0 Å². The van der Waals surface area contributed by atoms with E-state index in [1.807, 2.05) is 0 Å². The van der Waals surface area contributed by atoms with Crippen LogP contribution in [0.4, 0.5) is 4.39 Å². The smallest absolute Gasteiger partial charge is 0.274 e. The van der Waals surface area contributed by atoms with Gasteiger partial charge in [-0.05, 0) is 30.2 Å². The summed E-state index contributed by atoms with van der Waals surface area (Å²) in [6, 6.07) is 8.01. The number of nitrogens with one attached hydrogen (secondary N) is 1. The van der Waals surface area contributed by atoms with Crippen LogP contribution in [0, 0.1) is 5.82 Å². The minimum absolute atomic E-state index is 0.173. The molecule has 0 spiro atoms. The van der Waals surface area contributed by atoms with Crippen molar-refractivity contribution < 1.29 is 9.18 Å². The number of aromatic nitrogens is 2. The van der Waals surface area contributed by atoms with Gasteiger partial charge in [-0.3, -0.25) is 9.89 Å². The third-order valence-corrected chi connectivity index (χ3v) is 3.02. The van der Waals surface area contributed by atoms with Crippen molar-refractivity contribution in [2.24, 2.45) is 0 Å². The van der Waals surface area contributed by atoms with Crippen molar-refractivity contribution in [1.29, 1.82) is 0 Å². The lowest BCUT2D eigenvalue weighted by Gasteiger charge is -2.15. The zero-order chi connectivity index (χ0) is 14.5. The Morgan fingerprint density at radius 2 is 2.20 bits per heavy atom. The molecule has 1 amide bonds. The quantitative estimate of drug-likeness (QED) is 0.912. The van der Waals surface area contributed by atoms with E-state index in [0.29, 0.717) is 12.2 Å². The van der Waals surface area contributed by atoms with Crippen molar-refractivity contribution >= 4 is 5.91 Å². The van der Waals surface area contributed by atoms with Gasteiger partial charge in [0.25, 0.3) is 5.91 Å². The van der Waals surface area contributed by atoms with Crippen LogP contribution in [-0.4, -0.2) is 28.1 Å². The molecule has 1 aromatic carbocycles. The highest BCUT2D eigenvalue weighted by molar-refractivity contribution is 5.92. The van der Waals surface area contributed by atoms with Crippen LogP contribution in [-0.2, 0) is 13.0 Å². The minimum atomic E-state index is -0.298. The summed E-state index contributed by atoms with van der Waals surface area (Å²) >= 11 is 0. The lowest BCUT2D eigenvalue weighted by Crippen LogP contribution is -2.26. The molecular formula is C15H18FN3O. The number of benzene rings is 1. The first kappa shape index (κ1) is 14.2. The summed E-state index contributed by atoms with van der Waals surface area (Å²) in [4.78, 5) is 13.7. The summed E-state index contributed by atoms with van der Waals surface area (Å²) < 4.78 is 13.1. The molecule has 0 fully saturated rings. The van der Waals surface area contributed by atoms with Crippen LogP contribution in [0.25, 0.3) is 0 Å². The average Bonchev–Trinajstić information content (AvgIpc) is 2.87. The number of aryl methyl sites for hydroxylation is 1. The largest absolute Gasteiger partial charge is 0.336 e. The Balaban J connectivity index is 2.04. The molecule has 5 heteroatoms. The Bertz CT molecular complexity index is 594. The highest BCUT2D eigenvalue weighted by Gasteiger charge is 2.15. The molecule has 0 aliphatic rings. The first-order chi connectivity index (χ1) is 9.60. The maximum atomic E-state index is 13.1. The van der Waals surface area contributed by atoms with Gasteiger partial charge in [0.1, 0.15) is 11.5 Å². The summed E-state index contributed by atoms with van der Waals surface area (Å²) in [5, 5.41) is 6.88. The van der Waals surface area contributed by atoms with Crippen LogP contribution in [0.3, 0.4) is 0 Å². The highest BCUT2D eigenvalue weighted by Crippen LogP contribution is 2.10. The molecule has 0 saturated carbocycles. The molecule has 4 nitrogen and oxygen atoms in total. The summed E-state index contributed by atoms with van der Waals surface area (Å²) in [6.07, 6.45) is 1.86. The topological polar surface area (TPSA) is 49.0 Å². The lowest BCUT2D eigenvalue weighted by atomic mass is 10.2. The van der Waals surface area contributed by atoms with E-state index >= 15 is 0 Å². The van der Waals surface area contributed by atoms with Crippen LogP contribution in [0.15, 0.2) is 30.3 Å². The molecule has 0 unspecified atom stereocenters. The molecule has 1 aromatic heterocycles. The first-order valence-corrected chi connectivity index (χ1v) is 6.64. The minimum Gasteiger partial charge on any atom is -0.336 e. The second-order valence-electron chi connectivity index (χ2n) is 4.82. The number of hydrogen-bond acceptors (Lipinski definition) is 2. The molecule has 0 saturated heterocycles. The van der Waals surface area contributed by atoms with Gasteiger partial charge in [-0.15, -0.1) is 0 Å². The number of aromatic amines is 1. The van der Waals surface area contributed by atoms with E-state index in [1.165, 1.54) is 17.0 Å². The van der Waals surface area contributed by atoms with Gasteiger partial charge in [0.15, 0.2) is 0 Å². The number of nitrogens with zero attached hydrogens (tertiary/aromatic N) is 2. The number of carbonyl (C=O) groups excluding carboxylic acids is 1. The average molecular weight is 275 g/mol. The highest BCUT2D eigenvalue weighted by atomic mass is 19.1. The Kier molecular flexibility index (Phi) is 4.50. The number of H-pyrrole nitrogens is 1. The van der Waals surface area contributed by atoms with Crippen LogP contribution in [0.1, 0.15) is 35.1 Å². The Morgan fingerprint density at radius 1 is 1.40 bits per heavy atom. The summed E-state index contributed by atoms with van der Waals surface area (Å²) in [5.41, 5.74) is 2.10. The Hall–Kier alpha value is -2.17. The molecule has 0 radical (unpaired) electrons. The Labute approximate surface area is 117 Å². The fourth-order valence-corrected chi connectivity index (χ4v) is 2.05. The number of carbonyl (C=O) groups is 1. The van der Waals surface area contributed by atoms with Gasteiger partial charge in [0.2, 0.25) is 0 Å². The van der Waals surface area contributed by atoms with Crippen molar-refractivity contribution in [2.45, 2.75) is 26.3 Å². The molecule has 2 aromatic rings. The molecular weight excluding hydrogens is 257 g/mol. The van der Waals surface area contributed by atoms with Gasteiger partial charge >= 0.3 is 0 Å². The molecule has 0 aliphatic heterocycles. The van der Waals surface area contributed by atoms with E-state index in [0.717, 1.165) is 24.1 Å². The van der Waals surface area contributed by atoms with Gasteiger partial charge in [-0.1, -0.05) is 25.5 Å². The predicted octanol–water partition coefficient (Wildman–Crippen LogP) is 2.77. The van der Waals surface area contributed by atoms with E-state index in [9.17, 15) is 9.18 Å². The maximum Gasteiger partial charge on any atom is 0.274 e. The molecule has 0 atom stereocenters. The number of hydrogen-bond donors (Lipinski definition) is 1. The predicted molar refractivity (Wildman–Crippen MR) is 74.8 cm³/mol. The fourth-order valence-electron chi connectivity index (χ4n) is 2.05. The number of halogens is 1. The summed E-state index contributed by atoms with van der Waals surface area (Å²) in [7, 11) is 1.68. The molecule has 1 heterocycles. The van der Waals surface area contributed by atoms with Crippen molar-refractivity contribution in [3.63, 3.8) is 0 Å². The molecule has 2 rings (SSSR count). The molecule has 20 heavy (non-hydrogen) atoms. The van der Waals surface area contributed by atoms with Gasteiger partial charge < -0.3 is 4.90 Å². The normalized spacial score (nSPS) is 10.6. The van der Waals surface area contributed by atoms with Crippen molar-refractivity contribution in [2.75, 3.05) is 7.05 Å². The van der Waals surface area contributed by atoms with E-state index in [-0.39, 0.29) is 11.7 Å². The summed E-state index contributed by atoms with van der Waals surface area (Å²) in [5.74, 6) is -0.471. The van der Waals surface area contributed by atoms with Gasteiger partial charge in [0.05, 0.1) is 0 Å². The van der Waals surface area contributed by atoms with Crippen molar-refractivity contribution in [3.05, 3.63) is 53.1 Å². The molecule has 0 aliphatic carbocycles. The third-order valence-electron chi connectivity index (χ3n) is 3.02. The van der Waals surface area contributed by atoms with E-state index in [2.05, 4.69) is 17.1 Å². The van der Waals surface area contributed by atoms with Crippen molar-refractivity contribution in [3.8, 4) is 0 Å². The summed E-state index contributed by atoms with van der Waals surface area (Å²) in [6.45, 7) is 2.42. The standard InChI is InChI=1S/C15H18FN3O/c1-3-5-13-9-14(18-17-13)15(20)19(2)10-11-6-4-7-12(16)8-11/h4,6-9H,3,5,10H2,1-2H3,(H,17,18). The van der Waals surface area contributed by atoms with Gasteiger partial charge in [-0.2, -0.15) is 5.10 Å². The second-order valence-corrected chi connectivity index (χ2v) is 4.82. The van der Waals surface area contributed by atoms with Crippen LogP contribution in [0.2, 0.25) is 0 Å². The van der Waals surface area contributed by atoms with Crippen LogP contribution < -0.4 is 0 Å². The molecule has 1 N–H and O–H groups in total. The second kappa shape index (κ2) is 6.32. The first-order valence-electron chi connectivity index (χ1n) is 6.64. The van der Waals surface area contributed by atoms with Gasteiger partial charge in [0, 0.05) is 19.3 Å². The lowest BCUT2D eigenvalue weighted by molar-refractivity contribution is 0.0779. The van der Waals surface area contributed by atoms with E-state index in [1.54, 1.807) is 25.2 Å². The number of amides is 1. The zero-order valence-corrected chi connectivity index (χ0v) is 11.7. The molecule has 0 bridgehead atoms. The van der Waals surface area contributed by atoms with E-state index in [4.69, 9.17) is 0 Å².